The van der Waals surface area contributed by atoms with Gasteiger partial charge in [0.1, 0.15) is 5.75 Å². The standard InChI is InChI=1S/C32H31N3O4S/c1-5-38-25-18-14-23(15-19-25)29-27(31(37)39-6-2)28(22-10-8-7-9-11-22)33-32-35(29)30(36)26(40-32)20-21-12-16-24(17-13-21)34(3)4/h7-20,29H,5-6H2,1-4H3/b26-20+/t29-/m1/s1. The Kier molecular flexibility index (Phi) is 7.98. The first-order valence-corrected chi connectivity index (χ1v) is 14.0. The van der Waals surface area contributed by atoms with E-state index in [4.69, 9.17) is 14.5 Å². The van der Waals surface area contributed by atoms with E-state index in [1.54, 1.807) is 11.5 Å². The molecule has 0 spiro atoms. The van der Waals surface area contributed by atoms with E-state index in [2.05, 4.69) is 0 Å². The molecule has 2 heterocycles. The summed E-state index contributed by atoms with van der Waals surface area (Å²) in [7, 11) is 3.97. The van der Waals surface area contributed by atoms with Crippen LogP contribution in [-0.2, 0) is 9.53 Å². The Bertz CT molecular complexity index is 1720. The highest BCUT2D eigenvalue weighted by Crippen LogP contribution is 2.35. The lowest BCUT2D eigenvalue weighted by Crippen LogP contribution is -2.40. The molecule has 8 heteroatoms. The van der Waals surface area contributed by atoms with Crippen molar-refractivity contribution in [2.75, 3.05) is 32.2 Å². The van der Waals surface area contributed by atoms with Crippen LogP contribution in [0.4, 0.5) is 5.69 Å². The number of rotatable bonds is 8. The summed E-state index contributed by atoms with van der Waals surface area (Å²) in [6.45, 7) is 4.43. The second-order valence-corrected chi connectivity index (χ2v) is 10.4. The first kappa shape index (κ1) is 27.1. The highest BCUT2D eigenvalue weighted by Gasteiger charge is 2.35. The molecule has 1 aliphatic rings. The molecular weight excluding hydrogens is 522 g/mol. The number of benzene rings is 3. The fraction of sp³-hybridized carbons (Fsp3) is 0.219. The third kappa shape index (κ3) is 5.35. The Morgan fingerprint density at radius 3 is 2.30 bits per heavy atom. The molecule has 3 aromatic carbocycles. The Morgan fingerprint density at radius 2 is 1.68 bits per heavy atom. The Hall–Kier alpha value is -4.43. The van der Waals surface area contributed by atoms with E-state index in [0.29, 0.717) is 33.0 Å². The smallest absolute Gasteiger partial charge is 0.338 e. The summed E-state index contributed by atoms with van der Waals surface area (Å²) in [4.78, 5) is 35.0. The van der Waals surface area contributed by atoms with Crippen molar-refractivity contribution in [3.63, 3.8) is 0 Å². The van der Waals surface area contributed by atoms with Gasteiger partial charge in [0.15, 0.2) is 4.80 Å². The van der Waals surface area contributed by atoms with Gasteiger partial charge in [-0.05, 0) is 55.3 Å². The zero-order valence-electron chi connectivity index (χ0n) is 23.0. The number of carbonyl (C=O) groups excluding carboxylic acids is 1. The number of nitrogens with zero attached hydrogens (tertiary/aromatic N) is 3. The van der Waals surface area contributed by atoms with E-state index in [9.17, 15) is 9.59 Å². The molecule has 7 nitrogen and oxygen atoms in total. The van der Waals surface area contributed by atoms with E-state index in [0.717, 1.165) is 22.4 Å². The van der Waals surface area contributed by atoms with Crippen LogP contribution in [-0.4, -0.2) is 37.8 Å². The topological polar surface area (TPSA) is 73.1 Å². The molecule has 0 fully saturated rings. The molecule has 1 aliphatic heterocycles. The Morgan fingerprint density at radius 1 is 0.975 bits per heavy atom. The molecule has 1 aromatic heterocycles. The molecule has 0 saturated heterocycles. The second-order valence-electron chi connectivity index (χ2n) is 9.42. The number of fused-ring (bicyclic) bond motifs is 1. The fourth-order valence-corrected chi connectivity index (χ4v) is 5.69. The minimum absolute atomic E-state index is 0.202. The minimum Gasteiger partial charge on any atom is -0.494 e. The highest BCUT2D eigenvalue weighted by molar-refractivity contribution is 7.07. The number of carbonyl (C=O) groups is 1. The van der Waals surface area contributed by atoms with Crippen LogP contribution in [0.1, 0.15) is 36.6 Å². The van der Waals surface area contributed by atoms with Crippen molar-refractivity contribution in [3.8, 4) is 5.75 Å². The van der Waals surface area contributed by atoms with Gasteiger partial charge in [-0.2, -0.15) is 0 Å². The maximum absolute atomic E-state index is 14.0. The zero-order valence-corrected chi connectivity index (χ0v) is 23.8. The number of hydrogen-bond donors (Lipinski definition) is 0. The van der Waals surface area contributed by atoms with E-state index >= 15 is 0 Å². The predicted octanol–water partition coefficient (Wildman–Crippen LogP) is 4.40. The third-order valence-corrected chi connectivity index (χ3v) is 7.57. The molecule has 204 valence electrons. The number of esters is 1. The molecule has 0 radical (unpaired) electrons. The molecule has 5 rings (SSSR count). The lowest BCUT2D eigenvalue weighted by Gasteiger charge is -2.26. The van der Waals surface area contributed by atoms with Crippen molar-refractivity contribution in [2.24, 2.45) is 4.99 Å². The maximum Gasteiger partial charge on any atom is 0.338 e. The van der Waals surface area contributed by atoms with Crippen molar-refractivity contribution in [2.45, 2.75) is 19.9 Å². The average Bonchev–Trinajstić information content (AvgIpc) is 3.28. The lowest BCUT2D eigenvalue weighted by atomic mass is 9.93. The third-order valence-electron chi connectivity index (χ3n) is 6.59. The summed E-state index contributed by atoms with van der Waals surface area (Å²) in [5.74, 6) is 0.210. The Labute approximate surface area is 237 Å². The van der Waals surface area contributed by atoms with Gasteiger partial charge in [0.25, 0.3) is 5.56 Å². The van der Waals surface area contributed by atoms with E-state index < -0.39 is 12.0 Å². The van der Waals surface area contributed by atoms with Crippen molar-refractivity contribution in [1.29, 1.82) is 0 Å². The predicted molar refractivity (Wildman–Crippen MR) is 159 cm³/mol. The normalized spacial score (nSPS) is 14.9. The largest absolute Gasteiger partial charge is 0.494 e. The van der Waals surface area contributed by atoms with Crippen LogP contribution in [0.5, 0.6) is 5.75 Å². The van der Waals surface area contributed by atoms with Gasteiger partial charge in [0, 0.05) is 25.3 Å². The molecule has 0 aliphatic carbocycles. The molecule has 0 bridgehead atoms. The summed E-state index contributed by atoms with van der Waals surface area (Å²) >= 11 is 1.31. The van der Waals surface area contributed by atoms with Gasteiger partial charge in [0.05, 0.1) is 35.1 Å². The van der Waals surface area contributed by atoms with Gasteiger partial charge in [-0.3, -0.25) is 9.36 Å². The number of aromatic nitrogens is 1. The summed E-state index contributed by atoms with van der Waals surface area (Å²) in [6, 6.07) is 24.3. The quantitative estimate of drug-likeness (QED) is 0.303. The lowest BCUT2D eigenvalue weighted by molar-refractivity contribution is -0.138. The zero-order chi connectivity index (χ0) is 28.2. The van der Waals surface area contributed by atoms with Crippen molar-refractivity contribution in [1.82, 2.24) is 4.57 Å². The van der Waals surface area contributed by atoms with Crippen LogP contribution >= 0.6 is 11.3 Å². The molecule has 0 N–H and O–H groups in total. The highest BCUT2D eigenvalue weighted by atomic mass is 32.1. The summed E-state index contributed by atoms with van der Waals surface area (Å²) in [6.07, 6.45) is 1.87. The van der Waals surface area contributed by atoms with Crippen LogP contribution < -0.4 is 24.5 Å². The number of thiazole rings is 1. The van der Waals surface area contributed by atoms with E-state index in [1.165, 1.54) is 11.3 Å². The van der Waals surface area contributed by atoms with Crippen molar-refractivity contribution >= 4 is 34.8 Å². The van der Waals surface area contributed by atoms with Crippen LogP contribution in [0.3, 0.4) is 0 Å². The van der Waals surface area contributed by atoms with Crippen LogP contribution in [0.2, 0.25) is 0 Å². The van der Waals surface area contributed by atoms with Gasteiger partial charge in [0.2, 0.25) is 0 Å². The van der Waals surface area contributed by atoms with E-state index in [1.807, 2.05) is 111 Å². The second kappa shape index (κ2) is 11.8. The summed E-state index contributed by atoms with van der Waals surface area (Å²) in [5, 5.41) is 0. The molecular formula is C32H31N3O4S. The molecule has 0 saturated carbocycles. The van der Waals surface area contributed by atoms with Crippen molar-refractivity contribution < 1.29 is 14.3 Å². The van der Waals surface area contributed by atoms with Crippen LogP contribution in [0.15, 0.2) is 94.2 Å². The maximum atomic E-state index is 14.0. The van der Waals surface area contributed by atoms with Crippen molar-refractivity contribution in [3.05, 3.63) is 121 Å². The first-order chi connectivity index (χ1) is 19.4. The molecule has 1 atom stereocenters. The molecule has 4 aromatic rings. The number of hydrogen-bond acceptors (Lipinski definition) is 7. The van der Waals surface area contributed by atoms with Crippen LogP contribution in [0, 0.1) is 0 Å². The van der Waals surface area contributed by atoms with Gasteiger partial charge >= 0.3 is 5.97 Å². The van der Waals surface area contributed by atoms with Gasteiger partial charge in [-0.15, -0.1) is 0 Å². The number of ether oxygens (including phenoxy) is 2. The molecule has 0 unspecified atom stereocenters. The summed E-state index contributed by atoms with van der Waals surface area (Å²) in [5.41, 5.74) is 4.12. The molecule has 0 amide bonds. The van der Waals surface area contributed by atoms with E-state index in [-0.39, 0.29) is 12.2 Å². The monoisotopic (exact) mass is 553 g/mol. The summed E-state index contributed by atoms with van der Waals surface area (Å²) < 4.78 is 13.3. The van der Waals surface area contributed by atoms with Crippen LogP contribution in [0.25, 0.3) is 11.8 Å². The van der Waals surface area contributed by atoms with Gasteiger partial charge < -0.3 is 14.4 Å². The fourth-order valence-electron chi connectivity index (χ4n) is 4.69. The average molecular weight is 554 g/mol. The van der Waals surface area contributed by atoms with Gasteiger partial charge in [-0.25, -0.2) is 9.79 Å². The molecule has 40 heavy (non-hydrogen) atoms. The minimum atomic E-state index is -0.723. The van der Waals surface area contributed by atoms with Gasteiger partial charge in [-0.1, -0.05) is 65.9 Å². The number of anilines is 1. The first-order valence-electron chi connectivity index (χ1n) is 13.2. The Balaban J connectivity index is 1.76. The SMILES string of the molecule is CCOC(=O)C1=C(c2ccccc2)N=c2s/c(=C/c3ccc(N(C)C)cc3)c(=O)n2[C@@H]1c1ccc(OCC)cc1.